The van der Waals surface area contributed by atoms with E-state index in [0.29, 0.717) is 13.1 Å². The zero-order chi connectivity index (χ0) is 33.8. The Morgan fingerprint density at radius 1 is 0.771 bits per heavy atom. The molecule has 0 aliphatic rings. The quantitative estimate of drug-likeness (QED) is 0.0381. The number of aliphatic hydroxyl groups excluding tert-OH is 2. The van der Waals surface area contributed by atoms with Gasteiger partial charge in [-0.2, -0.15) is 5.11 Å². The number of aromatic nitrogens is 2. The molecule has 13 heteroatoms. The Bertz CT molecular complexity index is 1600. The van der Waals surface area contributed by atoms with Gasteiger partial charge in [-0.1, -0.05) is 6.07 Å². The minimum atomic E-state index is 0.0262. The molecule has 48 heavy (non-hydrogen) atoms. The van der Waals surface area contributed by atoms with Gasteiger partial charge in [0.05, 0.1) is 85.9 Å². The van der Waals surface area contributed by atoms with Gasteiger partial charge in [-0.25, -0.2) is 9.13 Å². The molecule has 2 aromatic heterocycles. The SMILES string of the molecule is COc1ccc(N=Nc2ccc[n+](CCC[NH2+]/C=C\N(I)CCC[n+]3ccccc3N=Nc3ccc(N(CCO)CCO)cc3)c2)cc1. The Kier molecular flexibility index (Phi) is 15.8. The number of nitrogens with two attached hydrogens (primary N) is 1. The van der Waals surface area contributed by atoms with Gasteiger partial charge in [0.15, 0.2) is 18.9 Å². The number of hydrogen-bond donors (Lipinski definition) is 3. The fourth-order valence-electron chi connectivity index (χ4n) is 4.78. The molecule has 4 aromatic rings. The number of halogens is 1. The van der Waals surface area contributed by atoms with Crippen molar-refractivity contribution in [2.24, 2.45) is 20.5 Å². The van der Waals surface area contributed by atoms with Crippen molar-refractivity contribution < 1.29 is 29.4 Å². The summed E-state index contributed by atoms with van der Waals surface area (Å²) in [5.74, 6) is 1.58. The maximum absolute atomic E-state index is 9.28. The van der Waals surface area contributed by atoms with E-state index in [1.165, 1.54) is 0 Å². The lowest BCUT2D eigenvalue weighted by atomic mass is 10.2. The number of nitrogens with zero attached hydrogens (tertiary/aromatic N) is 8. The van der Waals surface area contributed by atoms with Gasteiger partial charge in [-0.3, -0.25) is 0 Å². The molecule has 0 unspecified atom stereocenters. The van der Waals surface area contributed by atoms with Crippen LogP contribution in [0.25, 0.3) is 0 Å². The Balaban J connectivity index is 1.15. The fourth-order valence-corrected chi connectivity index (χ4v) is 5.30. The highest BCUT2D eigenvalue weighted by molar-refractivity contribution is 14.1. The van der Waals surface area contributed by atoms with Gasteiger partial charge < -0.3 is 28.3 Å². The van der Waals surface area contributed by atoms with E-state index in [-0.39, 0.29) is 13.2 Å². The van der Waals surface area contributed by atoms with Crippen LogP contribution in [0.4, 0.5) is 28.6 Å². The summed E-state index contributed by atoms with van der Waals surface area (Å²) in [5.41, 5.74) is 3.26. The van der Waals surface area contributed by atoms with Crippen molar-refractivity contribution in [1.29, 1.82) is 0 Å². The molecule has 0 atom stereocenters. The van der Waals surface area contributed by atoms with Crippen LogP contribution in [0.3, 0.4) is 0 Å². The van der Waals surface area contributed by atoms with E-state index < -0.39 is 0 Å². The first kappa shape index (κ1) is 36.5. The number of anilines is 1. The highest BCUT2D eigenvalue weighted by Crippen LogP contribution is 2.22. The fraction of sp³-hybridized carbons (Fsp3) is 0.314. The molecule has 0 bridgehead atoms. The average molecular weight is 767 g/mol. The number of benzene rings is 2. The molecule has 0 amide bonds. The topological polar surface area (TPSA) is 130 Å². The summed E-state index contributed by atoms with van der Waals surface area (Å²) in [7, 11) is 1.64. The lowest BCUT2D eigenvalue weighted by Gasteiger charge is -2.22. The highest BCUT2D eigenvalue weighted by atomic mass is 127. The normalized spacial score (nSPS) is 11.6. The van der Waals surface area contributed by atoms with Crippen molar-refractivity contribution in [3.8, 4) is 5.75 Å². The molecule has 2 heterocycles. The molecule has 2 aromatic carbocycles. The number of aliphatic hydroxyl groups is 2. The molecule has 0 radical (unpaired) electrons. The summed E-state index contributed by atoms with van der Waals surface area (Å²) < 4.78 is 11.6. The molecular weight excluding hydrogens is 721 g/mol. The number of aryl methyl sites for hydroxylation is 2. The standard InChI is InChI=1S/C35H44IN9O3/c1-48-34-15-11-31(12-16-34)38-40-32-7-4-19-42(29-32)20-5-17-37-18-24-45(36)23-6-22-44-21-3-2-8-35(44)41-39-30-9-13-33(14-10-30)43(25-27-46)26-28-47/h2-4,7-16,18-19,21,24,29,37,46-47H,5-6,17,20,22-23,25-28H2,1H3/q+2/p+1/b24-18-,40-38?. The van der Waals surface area contributed by atoms with Crippen molar-refractivity contribution in [2.75, 3.05) is 51.4 Å². The first-order chi connectivity index (χ1) is 23.6. The van der Waals surface area contributed by atoms with Crippen molar-refractivity contribution in [3.05, 3.63) is 110 Å². The summed E-state index contributed by atoms with van der Waals surface area (Å²) in [6.45, 7) is 4.58. The third kappa shape index (κ3) is 12.7. The van der Waals surface area contributed by atoms with Crippen LogP contribution in [-0.2, 0) is 13.1 Å². The van der Waals surface area contributed by atoms with E-state index in [1.54, 1.807) is 7.11 Å². The van der Waals surface area contributed by atoms with Crippen molar-refractivity contribution >= 4 is 51.4 Å². The van der Waals surface area contributed by atoms with Gasteiger partial charge in [0.1, 0.15) is 23.3 Å². The summed E-state index contributed by atoms with van der Waals surface area (Å²) in [6.07, 6.45) is 12.3. The van der Waals surface area contributed by atoms with Gasteiger partial charge in [0.25, 0.3) is 0 Å². The van der Waals surface area contributed by atoms with Gasteiger partial charge in [-0.15, -0.1) is 5.11 Å². The molecule has 0 aliphatic heterocycles. The van der Waals surface area contributed by atoms with E-state index in [4.69, 9.17) is 4.74 Å². The Hall–Kier alpha value is -4.31. The summed E-state index contributed by atoms with van der Waals surface area (Å²) in [6, 6.07) is 25.0. The molecule has 0 saturated carbocycles. The third-order valence-electron chi connectivity index (χ3n) is 7.28. The maximum atomic E-state index is 9.28. The van der Waals surface area contributed by atoms with Crippen molar-refractivity contribution in [1.82, 2.24) is 3.11 Å². The van der Waals surface area contributed by atoms with Crippen LogP contribution in [0, 0.1) is 0 Å². The summed E-state index contributed by atoms with van der Waals surface area (Å²) in [4.78, 5) is 1.93. The van der Waals surface area contributed by atoms with Gasteiger partial charge >= 0.3 is 5.82 Å². The van der Waals surface area contributed by atoms with E-state index >= 15 is 0 Å². The molecule has 4 N–H and O–H groups in total. The van der Waals surface area contributed by atoms with Gasteiger partial charge in [-0.05, 0) is 65.8 Å². The van der Waals surface area contributed by atoms with Crippen molar-refractivity contribution in [3.63, 3.8) is 0 Å². The number of pyridine rings is 2. The summed E-state index contributed by atoms with van der Waals surface area (Å²) >= 11 is 2.34. The monoisotopic (exact) mass is 766 g/mol. The molecular formula is C35H45IN9O3+3. The Morgan fingerprint density at radius 2 is 1.48 bits per heavy atom. The van der Waals surface area contributed by atoms with Crippen LogP contribution in [0.1, 0.15) is 12.8 Å². The summed E-state index contributed by atoms with van der Waals surface area (Å²) in [5, 5.41) is 38.4. The Morgan fingerprint density at radius 3 is 2.21 bits per heavy atom. The molecule has 0 aliphatic carbocycles. The number of rotatable bonds is 20. The Labute approximate surface area is 296 Å². The first-order valence-corrected chi connectivity index (χ1v) is 17.0. The van der Waals surface area contributed by atoms with E-state index in [2.05, 4.69) is 79.5 Å². The number of quaternary nitrogens is 1. The second-order valence-corrected chi connectivity index (χ2v) is 12.0. The second kappa shape index (κ2) is 20.8. The largest absolute Gasteiger partial charge is 0.497 e. The molecule has 0 spiro atoms. The zero-order valence-electron chi connectivity index (χ0n) is 27.3. The predicted molar refractivity (Wildman–Crippen MR) is 193 cm³/mol. The van der Waals surface area contributed by atoms with Crippen LogP contribution in [0.15, 0.2) is 130 Å². The minimum absolute atomic E-state index is 0.0262. The smallest absolute Gasteiger partial charge is 0.350 e. The number of ether oxygens (including phenoxy) is 1. The highest BCUT2D eigenvalue weighted by Gasteiger charge is 2.10. The zero-order valence-corrected chi connectivity index (χ0v) is 29.5. The average Bonchev–Trinajstić information content (AvgIpc) is 3.12. The number of azo groups is 2. The maximum Gasteiger partial charge on any atom is 0.350 e. The van der Waals surface area contributed by atoms with Crippen molar-refractivity contribution in [2.45, 2.75) is 25.9 Å². The number of hydrogen-bond acceptors (Lipinski definition) is 9. The van der Waals surface area contributed by atoms with Crippen LogP contribution >= 0.6 is 22.9 Å². The number of methoxy groups -OCH3 is 1. The van der Waals surface area contributed by atoms with Crippen LogP contribution in [-0.4, -0.2) is 59.8 Å². The first-order valence-electron chi connectivity index (χ1n) is 16.0. The van der Waals surface area contributed by atoms with Gasteiger partial charge in [0.2, 0.25) is 0 Å². The predicted octanol–water partition coefficient (Wildman–Crippen LogP) is 5.06. The second-order valence-electron chi connectivity index (χ2n) is 10.8. The van der Waals surface area contributed by atoms with Gasteiger partial charge in [0, 0.05) is 43.9 Å². The van der Waals surface area contributed by atoms with E-state index in [1.807, 2.05) is 96.2 Å². The van der Waals surface area contributed by atoms with Crippen LogP contribution in [0.2, 0.25) is 0 Å². The lowest BCUT2D eigenvalue weighted by molar-refractivity contribution is -0.703. The third-order valence-corrected chi connectivity index (χ3v) is 8.08. The minimum Gasteiger partial charge on any atom is -0.497 e. The lowest BCUT2D eigenvalue weighted by Crippen LogP contribution is -2.78. The van der Waals surface area contributed by atoms with E-state index in [9.17, 15) is 10.2 Å². The molecule has 12 nitrogen and oxygen atoms in total. The van der Waals surface area contributed by atoms with Crippen LogP contribution in [0.5, 0.6) is 5.75 Å². The molecule has 0 fully saturated rings. The molecule has 0 saturated heterocycles. The van der Waals surface area contributed by atoms with Crippen LogP contribution < -0.4 is 24.1 Å². The molecule has 252 valence electrons. The van der Waals surface area contributed by atoms with E-state index in [0.717, 1.165) is 73.3 Å². The molecule has 4 rings (SSSR count).